The summed E-state index contributed by atoms with van der Waals surface area (Å²) >= 11 is 1.09. The normalized spacial score (nSPS) is 11.2. The van der Waals surface area contributed by atoms with Crippen molar-refractivity contribution in [1.82, 2.24) is 15.2 Å². The maximum absolute atomic E-state index is 12.4. The maximum atomic E-state index is 12.4. The number of hydrogen-bond acceptors (Lipinski definition) is 8. The van der Waals surface area contributed by atoms with Crippen LogP contribution in [0.2, 0.25) is 0 Å². The van der Waals surface area contributed by atoms with E-state index in [4.69, 9.17) is 4.74 Å². The predicted molar refractivity (Wildman–Crippen MR) is 116 cm³/mol. The summed E-state index contributed by atoms with van der Waals surface area (Å²) in [5.74, 6) is -1.58. The molecule has 1 aromatic heterocycles. The first-order valence-corrected chi connectivity index (χ1v) is 10.4. The molecule has 2 aromatic rings. The highest BCUT2D eigenvalue weighted by atomic mass is 32.1. The first kappa shape index (κ1) is 23.4. The number of nitrogens with zero attached hydrogens (tertiary/aromatic N) is 2. The molecule has 9 nitrogen and oxygen atoms in total. The SMILES string of the molecule is COc1cc(O)c(C(=O)Nc2nc(C(=O)NCCN(C(C)C)C(C)C)cs2)cc1O. The van der Waals surface area contributed by atoms with E-state index in [0.717, 1.165) is 30.0 Å². The third-order valence-electron chi connectivity index (χ3n) is 4.48. The highest BCUT2D eigenvalue weighted by Gasteiger charge is 2.19. The van der Waals surface area contributed by atoms with Gasteiger partial charge in [-0.15, -0.1) is 11.3 Å². The minimum absolute atomic E-state index is 0.0470. The molecule has 0 saturated heterocycles. The molecule has 2 rings (SSSR count). The molecule has 0 fully saturated rings. The van der Waals surface area contributed by atoms with Gasteiger partial charge in [0.25, 0.3) is 11.8 Å². The first-order valence-electron chi connectivity index (χ1n) is 9.54. The standard InChI is InChI=1S/C20H28N4O5S/c1-11(2)24(12(3)4)7-6-21-19(28)14-10-30-20(22-14)23-18(27)13-8-16(26)17(29-5)9-15(13)25/h8-12,25-26H,6-7H2,1-5H3,(H,21,28)(H,22,23,27). The zero-order valence-electron chi connectivity index (χ0n) is 17.7. The molecule has 30 heavy (non-hydrogen) atoms. The second kappa shape index (κ2) is 10.3. The fraction of sp³-hybridized carbons (Fsp3) is 0.450. The summed E-state index contributed by atoms with van der Waals surface area (Å²) in [6.07, 6.45) is 0. The van der Waals surface area contributed by atoms with Crippen molar-refractivity contribution in [3.05, 3.63) is 28.8 Å². The van der Waals surface area contributed by atoms with Crippen molar-refractivity contribution in [3.8, 4) is 17.2 Å². The lowest BCUT2D eigenvalue weighted by atomic mass is 10.1. The van der Waals surface area contributed by atoms with Gasteiger partial charge in [0.2, 0.25) is 0 Å². The van der Waals surface area contributed by atoms with E-state index in [1.165, 1.54) is 7.11 Å². The van der Waals surface area contributed by atoms with Crippen LogP contribution in [0.25, 0.3) is 0 Å². The molecule has 4 N–H and O–H groups in total. The van der Waals surface area contributed by atoms with Crippen LogP contribution in [0.4, 0.5) is 5.13 Å². The van der Waals surface area contributed by atoms with Crippen molar-refractivity contribution < 1.29 is 24.5 Å². The minimum Gasteiger partial charge on any atom is -0.507 e. The van der Waals surface area contributed by atoms with Crippen LogP contribution in [0.3, 0.4) is 0 Å². The summed E-state index contributed by atoms with van der Waals surface area (Å²) < 4.78 is 4.88. The third-order valence-corrected chi connectivity index (χ3v) is 5.24. The fourth-order valence-corrected chi connectivity index (χ4v) is 3.69. The smallest absolute Gasteiger partial charge is 0.270 e. The number of phenolic OH excluding ortho intramolecular Hbond substituents is 2. The molecular weight excluding hydrogens is 408 g/mol. The quantitative estimate of drug-likeness (QED) is 0.446. The Morgan fingerprint density at radius 2 is 1.80 bits per heavy atom. The van der Waals surface area contributed by atoms with Gasteiger partial charge in [0.05, 0.1) is 12.7 Å². The molecular formula is C20H28N4O5S. The lowest BCUT2D eigenvalue weighted by molar-refractivity contribution is 0.0934. The Balaban J connectivity index is 1.97. The summed E-state index contributed by atoms with van der Waals surface area (Å²) in [4.78, 5) is 31.1. The molecule has 164 valence electrons. The molecule has 1 heterocycles. The van der Waals surface area contributed by atoms with E-state index >= 15 is 0 Å². The number of benzene rings is 1. The Hall–Kier alpha value is -2.85. The van der Waals surface area contributed by atoms with Crippen molar-refractivity contribution in [2.24, 2.45) is 0 Å². The van der Waals surface area contributed by atoms with Crippen LogP contribution in [-0.2, 0) is 0 Å². The highest BCUT2D eigenvalue weighted by Crippen LogP contribution is 2.33. The number of carbonyl (C=O) groups is 2. The van der Waals surface area contributed by atoms with Crippen LogP contribution >= 0.6 is 11.3 Å². The Kier molecular flexibility index (Phi) is 8.01. The lowest BCUT2D eigenvalue weighted by Crippen LogP contribution is -2.42. The van der Waals surface area contributed by atoms with Gasteiger partial charge in [-0.3, -0.25) is 19.8 Å². The number of hydrogen-bond donors (Lipinski definition) is 4. The van der Waals surface area contributed by atoms with E-state index in [-0.39, 0.29) is 39.5 Å². The van der Waals surface area contributed by atoms with Gasteiger partial charge in [0.15, 0.2) is 16.6 Å². The van der Waals surface area contributed by atoms with Crippen molar-refractivity contribution in [1.29, 1.82) is 0 Å². The molecule has 2 amide bonds. The molecule has 0 aliphatic carbocycles. The van der Waals surface area contributed by atoms with Crippen molar-refractivity contribution >= 4 is 28.3 Å². The Morgan fingerprint density at radius 3 is 2.40 bits per heavy atom. The molecule has 0 saturated carbocycles. The number of rotatable bonds is 9. The minimum atomic E-state index is -0.670. The second-order valence-corrected chi connectivity index (χ2v) is 8.07. The van der Waals surface area contributed by atoms with E-state index in [9.17, 15) is 19.8 Å². The zero-order chi connectivity index (χ0) is 22.4. The van der Waals surface area contributed by atoms with Gasteiger partial charge >= 0.3 is 0 Å². The van der Waals surface area contributed by atoms with Crippen molar-refractivity contribution in [2.75, 3.05) is 25.5 Å². The lowest BCUT2D eigenvalue weighted by Gasteiger charge is -2.30. The van der Waals surface area contributed by atoms with Gasteiger partial charge in [-0.05, 0) is 27.7 Å². The van der Waals surface area contributed by atoms with Crippen LogP contribution in [0.1, 0.15) is 48.5 Å². The third kappa shape index (κ3) is 5.83. The number of ether oxygens (including phenoxy) is 1. The number of thiazole rings is 1. The molecule has 0 spiro atoms. The van der Waals surface area contributed by atoms with Crippen LogP contribution in [0.15, 0.2) is 17.5 Å². The summed E-state index contributed by atoms with van der Waals surface area (Å²) in [5.41, 5.74) is 0.0507. The van der Waals surface area contributed by atoms with E-state index in [1.807, 2.05) is 0 Å². The number of amides is 2. The number of aromatic hydroxyl groups is 2. The number of nitrogens with one attached hydrogen (secondary N) is 2. The molecule has 0 aliphatic heterocycles. The van der Waals surface area contributed by atoms with Crippen LogP contribution in [-0.4, -0.2) is 64.2 Å². The van der Waals surface area contributed by atoms with Gasteiger partial charge in [0, 0.05) is 42.7 Å². The summed E-state index contributed by atoms with van der Waals surface area (Å²) in [5, 5.41) is 26.9. The molecule has 0 atom stereocenters. The van der Waals surface area contributed by atoms with Crippen LogP contribution < -0.4 is 15.4 Å². The number of anilines is 1. The molecule has 0 radical (unpaired) electrons. The van der Waals surface area contributed by atoms with Gasteiger partial charge in [-0.1, -0.05) is 0 Å². The number of phenols is 2. The summed E-state index contributed by atoms with van der Waals surface area (Å²) in [6, 6.07) is 2.98. The number of aromatic nitrogens is 1. The van der Waals surface area contributed by atoms with Gasteiger partial charge < -0.3 is 20.3 Å². The van der Waals surface area contributed by atoms with Gasteiger partial charge in [-0.2, -0.15) is 0 Å². The first-order chi connectivity index (χ1) is 14.1. The number of methoxy groups -OCH3 is 1. The van der Waals surface area contributed by atoms with E-state index in [2.05, 4.69) is 48.2 Å². The van der Waals surface area contributed by atoms with Gasteiger partial charge in [-0.25, -0.2) is 4.98 Å². The Bertz CT molecular complexity index is 889. The Labute approximate surface area is 179 Å². The van der Waals surface area contributed by atoms with Crippen molar-refractivity contribution in [2.45, 2.75) is 39.8 Å². The maximum Gasteiger partial charge on any atom is 0.270 e. The Morgan fingerprint density at radius 1 is 1.13 bits per heavy atom. The molecule has 1 aromatic carbocycles. The summed E-state index contributed by atoms with van der Waals surface area (Å²) in [6.45, 7) is 9.63. The molecule has 10 heteroatoms. The average molecular weight is 437 g/mol. The fourth-order valence-electron chi connectivity index (χ4n) is 3.00. The highest BCUT2D eigenvalue weighted by molar-refractivity contribution is 7.14. The molecule has 0 bridgehead atoms. The van der Waals surface area contributed by atoms with Crippen molar-refractivity contribution in [3.63, 3.8) is 0 Å². The van der Waals surface area contributed by atoms with Gasteiger partial charge in [0.1, 0.15) is 11.4 Å². The van der Waals surface area contributed by atoms with Crippen LogP contribution in [0.5, 0.6) is 17.2 Å². The summed E-state index contributed by atoms with van der Waals surface area (Å²) in [7, 11) is 1.33. The van der Waals surface area contributed by atoms with E-state index < -0.39 is 5.91 Å². The molecule has 0 unspecified atom stereocenters. The van der Waals surface area contributed by atoms with E-state index in [1.54, 1.807) is 5.38 Å². The topological polar surface area (TPSA) is 124 Å². The average Bonchev–Trinajstić information content (AvgIpc) is 3.14. The monoisotopic (exact) mass is 436 g/mol. The van der Waals surface area contributed by atoms with E-state index in [0.29, 0.717) is 18.6 Å². The predicted octanol–water partition coefficient (Wildman–Crippen LogP) is 2.66. The number of carbonyl (C=O) groups excluding carboxylic acids is 2. The molecule has 0 aliphatic rings. The van der Waals surface area contributed by atoms with Crippen LogP contribution in [0, 0.1) is 0 Å². The largest absolute Gasteiger partial charge is 0.507 e. The second-order valence-electron chi connectivity index (χ2n) is 7.21. The zero-order valence-corrected chi connectivity index (χ0v) is 18.5.